The van der Waals surface area contributed by atoms with Crippen molar-refractivity contribution in [3.8, 4) is 23.0 Å². The maximum Gasteiger partial charge on any atom is 0.257 e. The Morgan fingerprint density at radius 3 is 2.66 bits per heavy atom. The third kappa shape index (κ3) is 4.01. The molecule has 1 amide bonds. The standard InChI is InChI=1S/C21H19N3O5/c1-26-16-4-5-17(19(9-16)27-2)23-15-7-13(10-22-11-15)21(25)24-14-3-6-18-20(8-14)29-12-28-18/h3-11,23H,12H2,1-2H3,(H,24,25). The molecule has 29 heavy (non-hydrogen) atoms. The number of fused-ring (bicyclic) bond motifs is 1. The van der Waals surface area contributed by atoms with E-state index in [0.717, 1.165) is 5.69 Å². The van der Waals surface area contributed by atoms with Crippen LogP contribution >= 0.6 is 0 Å². The molecule has 3 aromatic rings. The molecule has 0 fully saturated rings. The van der Waals surface area contributed by atoms with E-state index in [-0.39, 0.29) is 12.7 Å². The maximum absolute atomic E-state index is 12.6. The predicted octanol–water partition coefficient (Wildman–Crippen LogP) is 3.82. The molecule has 0 saturated carbocycles. The molecular weight excluding hydrogens is 374 g/mol. The summed E-state index contributed by atoms with van der Waals surface area (Å²) in [5, 5.41) is 6.04. The van der Waals surface area contributed by atoms with Crippen molar-refractivity contribution in [3.63, 3.8) is 0 Å². The topological polar surface area (TPSA) is 90.9 Å². The minimum absolute atomic E-state index is 0.180. The molecule has 1 aliphatic heterocycles. The number of pyridine rings is 1. The summed E-state index contributed by atoms with van der Waals surface area (Å²) in [4.78, 5) is 16.8. The molecule has 0 spiro atoms. The molecule has 4 rings (SSSR count). The SMILES string of the molecule is COc1ccc(Nc2cncc(C(=O)Nc3ccc4c(c3)OCO4)c2)c(OC)c1. The summed E-state index contributed by atoms with van der Waals surface area (Å²) in [5.41, 5.74) is 2.38. The molecule has 2 heterocycles. The summed E-state index contributed by atoms with van der Waals surface area (Å²) in [7, 11) is 3.17. The first-order valence-electron chi connectivity index (χ1n) is 8.81. The van der Waals surface area contributed by atoms with Gasteiger partial charge in [0.15, 0.2) is 11.5 Å². The van der Waals surface area contributed by atoms with Crippen molar-refractivity contribution in [1.29, 1.82) is 0 Å². The van der Waals surface area contributed by atoms with Crippen LogP contribution in [0, 0.1) is 0 Å². The minimum Gasteiger partial charge on any atom is -0.497 e. The first-order chi connectivity index (χ1) is 14.2. The third-order valence-corrected chi connectivity index (χ3v) is 4.32. The van der Waals surface area contributed by atoms with Crippen LogP contribution in [0.1, 0.15) is 10.4 Å². The van der Waals surface area contributed by atoms with Crippen LogP contribution < -0.4 is 29.6 Å². The Balaban J connectivity index is 1.50. The Morgan fingerprint density at radius 1 is 0.966 bits per heavy atom. The number of amides is 1. The van der Waals surface area contributed by atoms with Gasteiger partial charge in [-0.3, -0.25) is 9.78 Å². The highest BCUT2D eigenvalue weighted by molar-refractivity contribution is 6.04. The highest BCUT2D eigenvalue weighted by Gasteiger charge is 2.15. The van der Waals surface area contributed by atoms with Gasteiger partial charge in [0.25, 0.3) is 5.91 Å². The van der Waals surface area contributed by atoms with Crippen LogP contribution in [0.3, 0.4) is 0 Å². The van der Waals surface area contributed by atoms with Crippen molar-refractivity contribution in [2.24, 2.45) is 0 Å². The van der Waals surface area contributed by atoms with Crippen LogP contribution in [0.5, 0.6) is 23.0 Å². The minimum atomic E-state index is -0.290. The van der Waals surface area contributed by atoms with Crippen molar-refractivity contribution in [3.05, 3.63) is 60.4 Å². The van der Waals surface area contributed by atoms with Gasteiger partial charge in [-0.05, 0) is 30.3 Å². The van der Waals surface area contributed by atoms with Gasteiger partial charge in [0.1, 0.15) is 11.5 Å². The third-order valence-electron chi connectivity index (χ3n) is 4.32. The van der Waals surface area contributed by atoms with Crippen LogP contribution in [0.25, 0.3) is 0 Å². The molecule has 2 N–H and O–H groups in total. The number of aromatic nitrogens is 1. The average molecular weight is 393 g/mol. The second-order valence-electron chi connectivity index (χ2n) is 6.18. The van der Waals surface area contributed by atoms with Crippen LogP contribution in [0.2, 0.25) is 0 Å². The van der Waals surface area contributed by atoms with Gasteiger partial charge in [0.2, 0.25) is 6.79 Å². The lowest BCUT2D eigenvalue weighted by atomic mass is 10.2. The number of hydrogen-bond donors (Lipinski definition) is 2. The highest BCUT2D eigenvalue weighted by atomic mass is 16.7. The van der Waals surface area contributed by atoms with E-state index in [0.29, 0.717) is 39.9 Å². The molecule has 8 heteroatoms. The maximum atomic E-state index is 12.6. The Bertz CT molecular complexity index is 1050. The Morgan fingerprint density at radius 2 is 1.83 bits per heavy atom. The smallest absolute Gasteiger partial charge is 0.257 e. The number of rotatable bonds is 6. The van der Waals surface area contributed by atoms with Gasteiger partial charge in [-0.2, -0.15) is 0 Å². The first-order valence-corrected chi connectivity index (χ1v) is 8.81. The van der Waals surface area contributed by atoms with Gasteiger partial charge in [0.05, 0.1) is 37.4 Å². The van der Waals surface area contributed by atoms with Crippen molar-refractivity contribution in [2.45, 2.75) is 0 Å². The fourth-order valence-corrected chi connectivity index (χ4v) is 2.87. The lowest BCUT2D eigenvalue weighted by molar-refractivity contribution is 0.102. The fraction of sp³-hybridized carbons (Fsp3) is 0.143. The summed E-state index contributed by atoms with van der Waals surface area (Å²) in [5.74, 6) is 2.26. The van der Waals surface area contributed by atoms with Crippen molar-refractivity contribution < 1.29 is 23.7 Å². The summed E-state index contributed by atoms with van der Waals surface area (Å²) >= 11 is 0. The predicted molar refractivity (Wildman–Crippen MR) is 108 cm³/mol. The molecule has 1 aliphatic rings. The van der Waals surface area contributed by atoms with Crippen LogP contribution in [0.15, 0.2) is 54.9 Å². The second kappa shape index (κ2) is 7.97. The normalized spacial score (nSPS) is 11.7. The summed E-state index contributed by atoms with van der Waals surface area (Å²) in [6.07, 6.45) is 3.12. The molecule has 2 aromatic carbocycles. The Hall–Kier alpha value is -3.94. The van der Waals surface area contributed by atoms with Gasteiger partial charge >= 0.3 is 0 Å². The van der Waals surface area contributed by atoms with Gasteiger partial charge in [-0.25, -0.2) is 0 Å². The molecule has 0 saturated heterocycles. The van der Waals surface area contributed by atoms with E-state index in [4.69, 9.17) is 18.9 Å². The number of hydrogen-bond acceptors (Lipinski definition) is 7. The van der Waals surface area contributed by atoms with E-state index in [1.807, 2.05) is 12.1 Å². The zero-order valence-electron chi connectivity index (χ0n) is 15.9. The Labute approximate surface area is 167 Å². The van der Waals surface area contributed by atoms with Gasteiger partial charge in [-0.1, -0.05) is 0 Å². The van der Waals surface area contributed by atoms with Crippen LogP contribution in [-0.2, 0) is 0 Å². The zero-order valence-corrected chi connectivity index (χ0v) is 15.9. The highest BCUT2D eigenvalue weighted by Crippen LogP contribution is 2.34. The largest absolute Gasteiger partial charge is 0.497 e. The van der Waals surface area contributed by atoms with E-state index in [1.165, 1.54) is 6.20 Å². The van der Waals surface area contributed by atoms with Gasteiger partial charge < -0.3 is 29.6 Å². The van der Waals surface area contributed by atoms with Crippen molar-refractivity contribution in [2.75, 3.05) is 31.6 Å². The van der Waals surface area contributed by atoms with Crippen LogP contribution in [-0.4, -0.2) is 31.9 Å². The average Bonchev–Trinajstić information content (AvgIpc) is 3.22. The van der Waals surface area contributed by atoms with Crippen molar-refractivity contribution in [1.82, 2.24) is 4.98 Å². The van der Waals surface area contributed by atoms with E-state index in [9.17, 15) is 4.79 Å². The number of nitrogens with one attached hydrogen (secondary N) is 2. The lowest BCUT2D eigenvalue weighted by Gasteiger charge is -2.13. The molecule has 0 aliphatic carbocycles. The summed E-state index contributed by atoms with van der Waals surface area (Å²) in [6.45, 7) is 0.180. The van der Waals surface area contributed by atoms with Gasteiger partial charge in [-0.15, -0.1) is 0 Å². The van der Waals surface area contributed by atoms with E-state index in [1.54, 1.807) is 50.7 Å². The zero-order chi connectivity index (χ0) is 20.2. The lowest BCUT2D eigenvalue weighted by Crippen LogP contribution is -2.12. The number of nitrogens with zero attached hydrogens (tertiary/aromatic N) is 1. The van der Waals surface area contributed by atoms with E-state index < -0.39 is 0 Å². The molecule has 0 atom stereocenters. The number of benzene rings is 2. The molecule has 1 aromatic heterocycles. The molecule has 0 unspecified atom stereocenters. The quantitative estimate of drug-likeness (QED) is 0.658. The molecule has 0 bridgehead atoms. The van der Waals surface area contributed by atoms with E-state index in [2.05, 4.69) is 15.6 Å². The van der Waals surface area contributed by atoms with Crippen LogP contribution in [0.4, 0.5) is 17.1 Å². The first kappa shape index (κ1) is 18.4. The van der Waals surface area contributed by atoms with E-state index >= 15 is 0 Å². The second-order valence-corrected chi connectivity index (χ2v) is 6.18. The monoisotopic (exact) mass is 393 g/mol. The molecule has 0 radical (unpaired) electrons. The number of ether oxygens (including phenoxy) is 4. The number of anilines is 3. The Kier molecular flexibility index (Phi) is 5.07. The van der Waals surface area contributed by atoms with Gasteiger partial charge in [0, 0.05) is 24.0 Å². The van der Waals surface area contributed by atoms with Crippen molar-refractivity contribution >= 4 is 23.0 Å². The molecular formula is C21H19N3O5. The number of methoxy groups -OCH3 is 2. The molecule has 8 nitrogen and oxygen atoms in total. The fourth-order valence-electron chi connectivity index (χ4n) is 2.87. The molecule has 148 valence electrons. The number of carbonyl (C=O) groups excluding carboxylic acids is 1. The number of carbonyl (C=O) groups is 1. The summed E-state index contributed by atoms with van der Waals surface area (Å²) < 4.78 is 21.2. The summed E-state index contributed by atoms with van der Waals surface area (Å²) in [6, 6.07) is 12.3.